The molecule has 1 aromatic rings. The molecule has 0 aliphatic heterocycles. The van der Waals surface area contributed by atoms with Crippen LogP contribution in [0, 0.1) is 0 Å². The van der Waals surface area contributed by atoms with Gasteiger partial charge in [0.25, 0.3) is 0 Å². The number of Topliss-reactive ketones (excluding diaryl/α,β-unsaturated/α-hetero) is 1. The van der Waals surface area contributed by atoms with Crippen molar-refractivity contribution in [2.24, 2.45) is 0 Å². The van der Waals surface area contributed by atoms with E-state index in [4.69, 9.17) is 5.11 Å². The number of nitrogens with one attached hydrogen (secondary N) is 1. The van der Waals surface area contributed by atoms with Gasteiger partial charge in [-0.1, -0.05) is 12.1 Å². The van der Waals surface area contributed by atoms with Gasteiger partial charge in [-0.05, 0) is 26.0 Å². The first-order chi connectivity index (χ1) is 11.1. The molecule has 0 aliphatic rings. The molecule has 0 aromatic heterocycles. The topological polar surface area (TPSA) is 121 Å². The van der Waals surface area contributed by atoms with Crippen LogP contribution in [0.4, 0.5) is 0 Å². The summed E-state index contributed by atoms with van der Waals surface area (Å²) in [5, 5.41) is 11.6. The molecule has 1 aromatic carbocycles. The zero-order valence-corrected chi connectivity index (χ0v) is 14.5. The standard InChI is InChI=1S/C15H20N2O6S/c1-10(15(20)21)17(9-8-16-12(3)19)24(22,23)14-6-4-13(5-7-14)11(2)18/h4-7,10H,8-9H2,1-3H3,(H,16,19)(H,20,21). The van der Waals surface area contributed by atoms with Crippen LogP contribution < -0.4 is 5.32 Å². The van der Waals surface area contributed by atoms with Gasteiger partial charge in [-0.3, -0.25) is 14.4 Å². The maximum Gasteiger partial charge on any atom is 0.321 e. The minimum Gasteiger partial charge on any atom is -0.480 e. The second-order valence-electron chi connectivity index (χ2n) is 5.19. The van der Waals surface area contributed by atoms with E-state index in [1.165, 1.54) is 45.0 Å². The minimum atomic E-state index is -4.10. The van der Waals surface area contributed by atoms with Gasteiger partial charge in [0, 0.05) is 25.6 Å². The molecule has 1 atom stereocenters. The first kappa shape index (κ1) is 19.8. The lowest BCUT2D eigenvalue weighted by molar-refractivity contribution is -0.140. The Labute approximate surface area is 140 Å². The highest BCUT2D eigenvalue weighted by Crippen LogP contribution is 2.19. The van der Waals surface area contributed by atoms with Crippen LogP contribution in [0.25, 0.3) is 0 Å². The van der Waals surface area contributed by atoms with Crippen LogP contribution in [0.15, 0.2) is 29.2 Å². The van der Waals surface area contributed by atoms with Crippen molar-refractivity contribution in [3.05, 3.63) is 29.8 Å². The molecule has 0 aliphatic carbocycles. The van der Waals surface area contributed by atoms with E-state index in [2.05, 4.69) is 5.32 Å². The van der Waals surface area contributed by atoms with Crippen LogP contribution in [0.3, 0.4) is 0 Å². The average Bonchev–Trinajstić information content (AvgIpc) is 2.50. The van der Waals surface area contributed by atoms with Crippen LogP contribution in [0.5, 0.6) is 0 Å². The molecule has 1 amide bonds. The van der Waals surface area contributed by atoms with Crippen molar-refractivity contribution in [3.63, 3.8) is 0 Å². The van der Waals surface area contributed by atoms with E-state index in [1.807, 2.05) is 0 Å². The summed E-state index contributed by atoms with van der Waals surface area (Å²) < 4.78 is 26.2. The number of carboxylic acid groups (broad SMARTS) is 1. The number of sulfonamides is 1. The predicted molar refractivity (Wildman–Crippen MR) is 86.1 cm³/mol. The Hall–Kier alpha value is -2.26. The van der Waals surface area contributed by atoms with Crippen LogP contribution >= 0.6 is 0 Å². The number of aliphatic carboxylic acids is 1. The molecule has 132 valence electrons. The second kappa shape index (κ2) is 8.02. The second-order valence-corrected chi connectivity index (χ2v) is 7.08. The summed E-state index contributed by atoms with van der Waals surface area (Å²) in [5.74, 6) is -1.86. The van der Waals surface area contributed by atoms with E-state index < -0.39 is 22.0 Å². The SMILES string of the molecule is CC(=O)NCCN(C(C)C(=O)O)S(=O)(=O)c1ccc(C(C)=O)cc1. The van der Waals surface area contributed by atoms with Crippen molar-refractivity contribution in [2.75, 3.05) is 13.1 Å². The first-order valence-electron chi connectivity index (χ1n) is 7.17. The molecular weight excluding hydrogens is 336 g/mol. The molecule has 2 N–H and O–H groups in total. The quantitative estimate of drug-likeness (QED) is 0.654. The lowest BCUT2D eigenvalue weighted by atomic mass is 10.2. The molecule has 8 nitrogen and oxygen atoms in total. The Morgan fingerprint density at radius 2 is 1.71 bits per heavy atom. The lowest BCUT2D eigenvalue weighted by Gasteiger charge is -2.25. The number of benzene rings is 1. The summed E-state index contributed by atoms with van der Waals surface area (Å²) in [6.07, 6.45) is 0. The van der Waals surface area contributed by atoms with E-state index in [0.717, 1.165) is 4.31 Å². The monoisotopic (exact) mass is 356 g/mol. The van der Waals surface area contributed by atoms with Crippen molar-refractivity contribution in [1.29, 1.82) is 0 Å². The Morgan fingerprint density at radius 3 is 2.12 bits per heavy atom. The summed E-state index contributed by atoms with van der Waals surface area (Å²) in [5.41, 5.74) is 0.352. The molecule has 0 bridgehead atoms. The normalized spacial score (nSPS) is 12.7. The van der Waals surface area contributed by atoms with Gasteiger partial charge in [-0.15, -0.1) is 0 Å². The molecular formula is C15H20N2O6S. The number of nitrogens with zero attached hydrogens (tertiary/aromatic N) is 1. The zero-order chi connectivity index (χ0) is 18.5. The first-order valence-corrected chi connectivity index (χ1v) is 8.61. The van der Waals surface area contributed by atoms with Crippen molar-refractivity contribution in [2.45, 2.75) is 31.7 Å². The fraction of sp³-hybridized carbons (Fsp3) is 0.400. The van der Waals surface area contributed by atoms with Gasteiger partial charge in [-0.2, -0.15) is 4.31 Å². The third-order valence-corrected chi connectivity index (χ3v) is 5.35. The van der Waals surface area contributed by atoms with Crippen LogP contribution in [0.2, 0.25) is 0 Å². The smallest absolute Gasteiger partial charge is 0.321 e. The number of carbonyl (C=O) groups is 3. The largest absolute Gasteiger partial charge is 0.480 e. The molecule has 0 spiro atoms. The third kappa shape index (κ3) is 4.87. The number of ketones is 1. The number of rotatable bonds is 8. The highest BCUT2D eigenvalue weighted by atomic mass is 32.2. The van der Waals surface area contributed by atoms with E-state index >= 15 is 0 Å². The van der Waals surface area contributed by atoms with E-state index in [0.29, 0.717) is 5.56 Å². The van der Waals surface area contributed by atoms with Crippen LogP contribution in [-0.2, 0) is 19.6 Å². The fourth-order valence-corrected chi connectivity index (χ4v) is 3.57. The number of amides is 1. The van der Waals surface area contributed by atoms with Gasteiger partial charge in [0.1, 0.15) is 6.04 Å². The maximum atomic E-state index is 12.7. The summed E-state index contributed by atoms with van der Waals surface area (Å²) in [4.78, 5) is 33.3. The van der Waals surface area contributed by atoms with Gasteiger partial charge in [0.05, 0.1) is 4.90 Å². The summed E-state index contributed by atoms with van der Waals surface area (Å²) in [6, 6.07) is 3.94. The molecule has 0 saturated heterocycles. The lowest BCUT2D eigenvalue weighted by Crippen LogP contribution is -2.46. The zero-order valence-electron chi connectivity index (χ0n) is 13.6. The van der Waals surface area contributed by atoms with Crippen molar-refractivity contribution >= 4 is 27.7 Å². The summed E-state index contributed by atoms with van der Waals surface area (Å²) in [6.45, 7) is 3.68. The van der Waals surface area contributed by atoms with Gasteiger partial charge in [0.15, 0.2) is 5.78 Å². The van der Waals surface area contributed by atoms with Crippen molar-refractivity contribution in [1.82, 2.24) is 9.62 Å². The van der Waals surface area contributed by atoms with Crippen molar-refractivity contribution < 1.29 is 27.9 Å². The number of carboxylic acids is 1. The van der Waals surface area contributed by atoms with Gasteiger partial charge in [-0.25, -0.2) is 8.42 Å². The van der Waals surface area contributed by atoms with Gasteiger partial charge in [0.2, 0.25) is 15.9 Å². The maximum absolute atomic E-state index is 12.7. The number of hydrogen-bond acceptors (Lipinski definition) is 5. The molecule has 24 heavy (non-hydrogen) atoms. The Bertz CT molecular complexity index is 727. The van der Waals surface area contributed by atoms with E-state index in [-0.39, 0.29) is 29.7 Å². The predicted octanol–water partition coefficient (Wildman–Crippen LogP) is 0.489. The highest BCUT2D eigenvalue weighted by molar-refractivity contribution is 7.89. The average molecular weight is 356 g/mol. The summed E-state index contributed by atoms with van der Waals surface area (Å²) >= 11 is 0. The van der Waals surface area contributed by atoms with Crippen LogP contribution in [-0.4, -0.2) is 54.6 Å². The summed E-state index contributed by atoms with van der Waals surface area (Å²) in [7, 11) is -4.10. The molecule has 1 rings (SSSR count). The Morgan fingerprint density at radius 1 is 1.17 bits per heavy atom. The van der Waals surface area contributed by atoms with E-state index in [1.54, 1.807) is 0 Å². The fourth-order valence-electron chi connectivity index (χ4n) is 1.98. The van der Waals surface area contributed by atoms with Crippen molar-refractivity contribution in [3.8, 4) is 0 Å². The van der Waals surface area contributed by atoms with Gasteiger partial charge < -0.3 is 10.4 Å². The number of hydrogen-bond donors (Lipinski definition) is 2. The Kier molecular flexibility index (Phi) is 6.61. The Balaban J connectivity index is 3.15. The molecule has 1 unspecified atom stereocenters. The minimum absolute atomic E-state index is 0.0162. The molecule has 0 saturated carbocycles. The highest BCUT2D eigenvalue weighted by Gasteiger charge is 2.32. The van der Waals surface area contributed by atoms with Gasteiger partial charge >= 0.3 is 5.97 Å². The molecule has 0 heterocycles. The molecule has 9 heteroatoms. The number of carbonyl (C=O) groups excluding carboxylic acids is 2. The molecule has 0 radical (unpaired) electrons. The van der Waals surface area contributed by atoms with Crippen LogP contribution in [0.1, 0.15) is 31.1 Å². The van der Waals surface area contributed by atoms with E-state index in [9.17, 15) is 22.8 Å². The molecule has 0 fully saturated rings. The third-order valence-electron chi connectivity index (χ3n) is 3.36.